The molecule has 4 rings (SSSR count). The predicted octanol–water partition coefficient (Wildman–Crippen LogP) is 3.30. The number of carbonyl (C=O) groups is 2. The Hall–Kier alpha value is -3.19. The maximum atomic E-state index is 13.1. The molecule has 1 saturated heterocycles. The highest BCUT2D eigenvalue weighted by molar-refractivity contribution is 6.14. The van der Waals surface area contributed by atoms with Crippen LogP contribution in [0.3, 0.4) is 0 Å². The maximum Gasteiger partial charge on any atom is 0.291 e. The number of morpholine rings is 1. The lowest BCUT2D eigenvalue weighted by Gasteiger charge is -2.26. The molecule has 0 bridgehead atoms. The highest BCUT2D eigenvalue weighted by atomic mass is 19.1. The van der Waals surface area contributed by atoms with E-state index in [1.54, 1.807) is 29.2 Å². The van der Waals surface area contributed by atoms with E-state index in [-0.39, 0.29) is 17.2 Å². The van der Waals surface area contributed by atoms with Crippen LogP contribution in [-0.4, -0.2) is 43.0 Å². The molecule has 1 aromatic heterocycles. The Morgan fingerprint density at radius 2 is 1.70 bits per heavy atom. The standard InChI is InChI=1S/C20H17FN2O4/c21-14-7-5-13(6-8-14)19(24)22-17-15-3-1-2-4-16(15)27-18(17)20(25)23-9-11-26-12-10-23/h1-8H,9-12H2,(H,22,24). The van der Waals surface area contributed by atoms with E-state index in [0.717, 1.165) is 0 Å². The third-order valence-corrected chi connectivity index (χ3v) is 4.43. The van der Waals surface area contributed by atoms with Crippen molar-refractivity contribution >= 4 is 28.5 Å². The summed E-state index contributed by atoms with van der Waals surface area (Å²) in [5.41, 5.74) is 1.10. The van der Waals surface area contributed by atoms with Gasteiger partial charge in [0.25, 0.3) is 11.8 Å². The molecule has 2 amide bonds. The lowest BCUT2D eigenvalue weighted by molar-refractivity contribution is 0.0285. The zero-order chi connectivity index (χ0) is 18.8. The summed E-state index contributed by atoms with van der Waals surface area (Å²) in [4.78, 5) is 27.2. The summed E-state index contributed by atoms with van der Waals surface area (Å²) >= 11 is 0. The number of anilines is 1. The predicted molar refractivity (Wildman–Crippen MR) is 97.3 cm³/mol. The molecular weight excluding hydrogens is 351 g/mol. The van der Waals surface area contributed by atoms with Gasteiger partial charge in [0.05, 0.1) is 13.2 Å². The smallest absolute Gasteiger partial charge is 0.291 e. The number of nitrogens with one attached hydrogen (secondary N) is 1. The molecule has 1 aliphatic heterocycles. The van der Waals surface area contributed by atoms with Gasteiger partial charge in [-0.1, -0.05) is 12.1 Å². The molecule has 0 aliphatic carbocycles. The summed E-state index contributed by atoms with van der Waals surface area (Å²) in [5, 5.41) is 3.38. The van der Waals surface area contributed by atoms with E-state index < -0.39 is 11.7 Å². The molecule has 0 atom stereocenters. The number of nitrogens with zero attached hydrogens (tertiary/aromatic N) is 1. The summed E-state index contributed by atoms with van der Waals surface area (Å²) in [6, 6.07) is 12.3. The molecule has 6 nitrogen and oxygen atoms in total. The van der Waals surface area contributed by atoms with E-state index in [2.05, 4.69) is 5.32 Å². The molecule has 138 valence electrons. The van der Waals surface area contributed by atoms with Crippen molar-refractivity contribution in [3.05, 3.63) is 65.7 Å². The van der Waals surface area contributed by atoms with Gasteiger partial charge >= 0.3 is 0 Å². The van der Waals surface area contributed by atoms with Gasteiger partial charge < -0.3 is 19.4 Å². The molecule has 1 N–H and O–H groups in total. The number of para-hydroxylation sites is 1. The fraction of sp³-hybridized carbons (Fsp3) is 0.200. The average molecular weight is 368 g/mol. The van der Waals surface area contributed by atoms with Crippen LogP contribution in [0.4, 0.5) is 10.1 Å². The summed E-state index contributed by atoms with van der Waals surface area (Å²) in [6.45, 7) is 1.84. The van der Waals surface area contributed by atoms with E-state index in [9.17, 15) is 14.0 Å². The Bertz CT molecular complexity index is 991. The molecule has 0 unspecified atom stereocenters. The minimum Gasteiger partial charge on any atom is -0.449 e. The second-order valence-electron chi connectivity index (χ2n) is 6.17. The van der Waals surface area contributed by atoms with Gasteiger partial charge in [0.1, 0.15) is 17.1 Å². The summed E-state index contributed by atoms with van der Waals surface area (Å²) in [5.74, 6) is -1.10. The minimum absolute atomic E-state index is 0.0774. The number of ether oxygens (including phenoxy) is 1. The van der Waals surface area contributed by atoms with Crippen molar-refractivity contribution < 1.29 is 23.1 Å². The Labute approximate surface area is 154 Å². The van der Waals surface area contributed by atoms with Crippen LogP contribution in [0.2, 0.25) is 0 Å². The van der Waals surface area contributed by atoms with Crippen molar-refractivity contribution in [3.8, 4) is 0 Å². The van der Waals surface area contributed by atoms with E-state index >= 15 is 0 Å². The van der Waals surface area contributed by atoms with Crippen molar-refractivity contribution in [2.24, 2.45) is 0 Å². The topological polar surface area (TPSA) is 71.8 Å². The van der Waals surface area contributed by atoms with Crippen molar-refractivity contribution in [2.75, 3.05) is 31.6 Å². The highest BCUT2D eigenvalue weighted by Crippen LogP contribution is 2.32. The van der Waals surface area contributed by atoms with Gasteiger partial charge in [0, 0.05) is 24.0 Å². The Morgan fingerprint density at radius 1 is 1.00 bits per heavy atom. The highest BCUT2D eigenvalue weighted by Gasteiger charge is 2.27. The first-order valence-electron chi connectivity index (χ1n) is 8.59. The number of furan rings is 1. The van der Waals surface area contributed by atoms with Crippen LogP contribution >= 0.6 is 0 Å². The average Bonchev–Trinajstić information content (AvgIpc) is 3.07. The van der Waals surface area contributed by atoms with Gasteiger partial charge in [0.15, 0.2) is 0 Å². The van der Waals surface area contributed by atoms with Crippen molar-refractivity contribution in [3.63, 3.8) is 0 Å². The number of fused-ring (bicyclic) bond motifs is 1. The number of rotatable bonds is 3. The molecule has 3 aromatic rings. The number of halogens is 1. The Morgan fingerprint density at radius 3 is 2.44 bits per heavy atom. The summed E-state index contributed by atoms with van der Waals surface area (Å²) in [7, 11) is 0. The fourth-order valence-corrected chi connectivity index (χ4v) is 3.02. The zero-order valence-electron chi connectivity index (χ0n) is 14.4. The van der Waals surface area contributed by atoms with Crippen LogP contribution in [0, 0.1) is 5.82 Å². The van der Waals surface area contributed by atoms with Gasteiger partial charge in [-0.2, -0.15) is 0 Å². The largest absolute Gasteiger partial charge is 0.449 e. The normalized spacial score (nSPS) is 14.3. The molecule has 1 aliphatic rings. The third-order valence-electron chi connectivity index (χ3n) is 4.43. The number of benzene rings is 2. The molecule has 7 heteroatoms. The molecule has 2 aromatic carbocycles. The molecule has 0 saturated carbocycles. The van der Waals surface area contributed by atoms with Gasteiger partial charge in [-0.15, -0.1) is 0 Å². The quantitative estimate of drug-likeness (QED) is 0.770. The molecule has 27 heavy (non-hydrogen) atoms. The Balaban J connectivity index is 1.70. The fourth-order valence-electron chi connectivity index (χ4n) is 3.02. The number of amides is 2. The number of carbonyl (C=O) groups excluding carboxylic acids is 2. The first kappa shape index (κ1) is 17.2. The molecule has 1 fully saturated rings. The van der Waals surface area contributed by atoms with Crippen molar-refractivity contribution in [1.29, 1.82) is 0 Å². The van der Waals surface area contributed by atoms with Crippen molar-refractivity contribution in [2.45, 2.75) is 0 Å². The second-order valence-corrected chi connectivity index (χ2v) is 6.17. The maximum absolute atomic E-state index is 13.1. The number of hydrogen-bond donors (Lipinski definition) is 1. The summed E-state index contributed by atoms with van der Waals surface area (Å²) < 4.78 is 24.1. The number of hydrogen-bond acceptors (Lipinski definition) is 4. The second kappa shape index (κ2) is 7.20. The monoisotopic (exact) mass is 368 g/mol. The van der Waals surface area contributed by atoms with Crippen LogP contribution in [0.1, 0.15) is 20.9 Å². The Kier molecular flexibility index (Phi) is 4.60. The van der Waals surface area contributed by atoms with Gasteiger partial charge in [-0.05, 0) is 36.4 Å². The van der Waals surface area contributed by atoms with Crippen LogP contribution in [0.5, 0.6) is 0 Å². The van der Waals surface area contributed by atoms with E-state index in [1.165, 1.54) is 24.3 Å². The third kappa shape index (κ3) is 3.41. The lowest BCUT2D eigenvalue weighted by atomic mass is 10.1. The van der Waals surface area contributed by atoms with Crippen LogP contribution in [0.25, 0.3) is 11.0 Å². The molecule has 0 radical (unpaired) electrons. The molecule has 2 heterocycles. The summed E-state index contributed by atoms with van der Waals surface area (Å²) in [6.07, 6.45) is 0. The molecular formula is C20H17FN2O4. The van der Waals surface area contributed by atoms with Gasteiger partial charge in [0.2, 0.25) is 5.76 Å². The van der Waals surface area contributed by atoms with E-state index in [0.29, 0.717) is 43.0 Å². The van der Waals surface area contributed by atoms with Crippen LogP contribution < -0.4 is 5.32 Å². The van der Waals surface area contributed by atoms with Crippen LogP contribution in [-0.2, 0) is 4.74 Å². The van der Waals surface area contributed by atoms with E-state index in [1.807, 2.05) is 0 Å². The van der Waals surface area contributed by atoms with E-state index in [4.69, 9.17) is 9.15 Å². The first-order valence-corrected chi connectivity index (χ1v) is 8.59. The minimum atomic E-state index is -0.447. The van der Waals surface area contributed by atoms with Gasteiger partial charge in [-0.25, -0.2) is 4.39 Å². The first-order chi connectivity index (χ1) is 13.1. The zero-order valence-corrected chi connectivity index (χ0v) is 14.4. The van der Waals surface area contributed by atoms with Crippen molar-refractivity contribution in [1.82, 2.24) is 4.90 Å². The lowest BCUT2D eigenvalue weighted by Crippen LogP contribution is -2.40. The van der Waals surface area contributed by atoms with Crippen LogP contribution in [0.15, 0.2) is 52.9 Å². The van der Waals surface area contributed by atoms with Gasteiger partial charge in [-0.3, -0.25) is 9.59 Å². The molecule has 0 spiro atoms. The SMILES string of the molecule is O=C(Nc1c(C(=O)N2CCOCC2)oc2ccccc12)c1ccc(F)cc1.